The molecule has 0 atom stereocenters. The SMILES string of the molecule is COc1cccc(Cn2ccnc2CN(Cc2cccnc2)C(=O)c2cccc(OC)c2)c1. The van der Waals surface area contributed by atoms with Crippen molar-refractivity contribution in [1.82, 2.24) is 19.4 Å². The topological polar surface area (TPSA) is 69.5 Å². The van der Waals surface area contributed by atoms with Gasteiger partial charge in [0.1, 0.15) is 17.3 Å². The van der Waals surface area contributed by atoms with Crippen molar-refractivity contribution in [3.63, 3.8) is 0 Å². The van der Waals surface area contributed by atoms with Crippen LogP contribution in [0.5, 0.6) is 11.5 Å². The average molecular weight is 443 g/mol. The molecule has 1 amide bonds. The number of methoxy groups -OCH3 is 2. The molecule has 0 aliphatic rings. The number of imidazole rings is 1. The number of pyridine rings is 1. The molecule has 4 rings (SSSR count). The standard InChI is InChI=1S/C26H26N4O3/c1-32-23-9-3-6-20(14-23)17-29-13-12-28-25(29)19-30(18-21-7-5-11-27-16-21)26(31)22-8-4-10-24(15-22)33-2/h3-16H,17-19H2,1-2H3. The number of rotatable bonds is 9. The van der Waals surface area contributed by atoms with Gasteiger partial charge in [0, 0.05) is 43.4 Å². The van der Waals surface area contributed by atoms with E-state index in [9.17, 15) is 4.79 Å². The summed E-state index contributed by atoms with van der Waals surface area (Å²) in [6.07, 6.45) is 7.17. The second-order valence-electron chi connectivity index (χ2n) is 7.58. The Morgan fingerprint density at radius 2 is 1.67 bits per heavy atom. The molecule has 4 aromatic rings. The van der Waals surface area contributed by atoms with E-state index in [1.165, 1.54) is 0 Å². The monoisotopic (exact) mass is 442 g/mol. The maximum absolute atomic E-state index is 13.5. The molecule has 7 heteroatoms. The molecule has 2 aromatic heterocycles. The van der Waals surface area contributed by atoms with Gasteiger partial charge in [-0.2, -0.15) is 0 Å². The van der Waals surface area contributed by atoms with Gasteiger partial charge in [-0.25, -0.2) is 4.98 Å². The lowest BCUT2D eigenvalue weighted by Gasteiger charge is -2.23. The summed E-state index contributed by atoms with van der Waals surface area (Å²) in [6.45, 7) is 1.39. The zero-order valence-electron chi connectivity index (χ0n) is 18.7. The Kier molecular flexibility index (Phi) is 6.99. The minimum Gasteiger partial charge on any atom is -0.497 e. The number of carbonyl (C=O) groups excluding carboxylic acids is 1. The summed E-state index contributed by atoms with van der Waals surface area (Å²) in [5, 5.41) is 0. The van der Waals surface area contributed by atoms with Crippen LogP contribution in [0.2, 0.25) is 0 Å². The van der Waals surface area contributed by atoms with E-state index in [4.69, 9.17) is 9.47 Å². The van der Waals surface area contributed by atoms with Gasteiger partial charge < -0.3 is 18.9 Å². The maximum atomic E-state index is 13.5. The lowest BCUT2D eigenvalue weighted by molar-refractivity contribution is 0.0723. The Morgan fingerprint density at radius 1 is 0.909 bits per heavy atom. The van der Waals surface area contributed by atoms with E-state index in [1.54, 1.807) is 49.8 Å². The van der Waals surface area contributed by atoms with E-state index < -0.39 is 0 Å². The van der Waals surface area contributed by atoms with Crippen LogP contribution in [0.4, 0.5) is 0 Å². The highest BCUT2D eigenvalue weighted by molar-refractivity contribution is 5.94. The summed E-state index contributed by atoms with van der Waals surface area (Å²) in [5.74, 6) is 2.13. The van der Waals surface area contributed by atoms with Crippen molar-refractivity contribution < 1.29 is 14.3 Å². The average Bonchev–Trinajstić information content (AvgIpc) is 3.30. The van der Waals surface area contributed by atoms with E-state index in [0.29, 0.717) is 30.9 Å². The predicted octanol–water partition coefficient (Wildman–Crippen LogP) is 4.19. The highest BCUT2D eigenvalue weighted by Crippen LogP contribution is 2.19. The Balaban J connectivity index is 1.60. The molecule has 0 saturated carbocycles. The molecule has 2 aromatic carbocycles. The van der Waals surface area contributed by atoms with Crippen LogP contribution in [0.25, 0.3) is 0 Å². The quantitative estimate of drug-likeness (QED) is 0.389. The van der Waals surface area contributed by atoms with Crippen LogP contribution in [0.3, 0.4) is 0 Å². The summed E-state index contributed by atoms with van der Waals surface area (Å²) in [6, 6.07) is 18.9. The summed E-state index contributed by atoms with van der Waals surface area (Å²) in [5.41, 5.74) is 2.59. The second-order valence-corrected chi connectivity index (χ2v) is 7.58. The fourth-order valence-corrected chi connectivity index (χ4v) is 3.62. The lowest BCUT2D eigenvalue weighted by atomic mass is 10.1. The highest BCUT2D eigenvalue weighted by atomic mass is 16.5. The normalized spacial score (nSPS) is 10.6. The molecular weight excluding hydrogens is 416 g/mol. The van der Waals surface area contributed by atoms with Gasteiger partial charge in [-0.1, -0.05) is 24.3 Å². The number of hydrogen-bond donors (Lipinski definition) is 0. The number of nitrogens with zero attached hydrogens (tertiary/aromatic N) is 4. The third-order valence-electron chi connectivity index (χ3n) is 5.32. The second kappa shape index (κ2) is 10.5. The molecule has 0 fully saturated rings. The number of benzene rings is 2. The molecular formula is C26H26N4O3. The lowest BCUT2D eigenvalue weighted by Crippen LogP contribution is -2.31. The highest BCUT2D eigenvalue weighted by Gasteiger charge is 2.20. The van der Waals surface area contributed by atoms with Gasteiger partial charge in [0.2, 0.25) is 0 Å². The molecule has 0 aliphatic carbocycles. The molecule has 7 nitrogen and oxygen atoms in total. The maximum Gasteiger partial charge on any atom is 0.254 e. The molecule has 0 aliphatic heterocycles. The molecule has 0 radical (unpaired) electrons. The van der Waals surface area contributed by atoms with Gasteiger partial charge in [0.25, 0.3) is 5.91 Å². The fourth-order valence-electron chi connectivity index (χ4n) is 3.62. The first-order chi connectivity index (χ1) is 16.2. The number of hydrogen-bond acceptors (Lipinski definition) is 5. The zero-order valence-corrected chi connectivity index (χ0v) is 18.7. The molecule has 0 N–H and O–H groups in total. The van der Waals surface area contributed by atoms with Crippen molar-refractivity contribution in [2.45, 2.75) is 19.6 Å². The first kappa shape index (κ1) is 22.1. The smallest absolute Gasteiger partial charge is 0.254 e. The zero-order chi connectivity index (χ0) is 23.0. The van der Waals surface area contributed by atoms with Crippen molar-refractivity contribution >= 4 is 5.91 Å². The van der Waals surface area contributed by atoms with Gasteiger partial charge in [0.15, 0.2) is 0 Å². The van der Waals surface area contributed by atoms with Crippen LogP contribution < -0.4 is 9.47 Å². The third-order valence-corrected chi connectivity index (χ3v) is 5.32. The number of carbonyl (C=O) groups is 1. The summed E-state index contributed by atoms with van der Waals surface area (Å²) in [4.78, 5) is 24.0. The van der Waals surface area contributed by atoms with Gasteiger partial charge in [-0.15, -0.1) is 0 Å². The van der Waals surface area contributed by atoms with Gasteiger partial charge in [-0.3, -0.25) is 9.78 Å². The van der Waals surface area contributed by atoms with Gasteiger partial charge >= 0.3 is 0 Å². The minimum absolute atomic E-state index is 0.103. The van der Waals surface area contributed by atoms with Crippen molar-refractivity contribution in [2.75, 3.05) is 14.2 Å². The van der Waals surface area contributed by atoms with E-state index in [2.05, 4.69) is 9.97 Å². The first-order valence-corrected chi connectivity index (χ1v) is 10.6. The summed E-state index contributed by atoms with van der Waals surface area (Å²) in [7, 11) is 3.24. The summed E-state index contributed by atoms with van der Waals surface area (Å²) < 4.78 is 12.7. The van der Waals surface area contributed by atoms with E-state index in [0.717, 1.165) is 22.7 Å². The number of aromatic nitrogens is 3. The van der Waals surface area contributed by atoms with Crippen LogP contribution >= 0.6 is 0 Å². The molecule has 0 unspecified atom stereocenters. The van der Waals surface area contributed by atoms with Crippen molar-refractivity contribution in [1.29, 1.82) is 0 Å². The fraction of sp³-hybridized carbons (Fsp3) is 0.192. The van der Waals surface area contributed by atoms with E-state index in [-0.39, 0.29) is 5.91 Å². The van der Waals surface area contributed by atoms with Crippen LogP contribution in [0, 0.1) is 0 Å². The number of amides is 1. The molecule has 168 valence electrons. The Bertz CT molecular complexity index is 1210. The minimum atomic E-state index is -0.103. The largest absolute Gasteiger partial charge is 0.497 e. The number of ether oxygens (including phenoxy) is 2. The molecule has 0 saturated heterocycles. The molecule has 0 spiro atoms. The third kappa shape index (κ3) is 5.57. The summed E-state index contributed by atoms with van der Waals surface area (Å²) >= 11 is 0. The Morgan fingerprint density at radius 3 is 2.42 bits per heavy atom. The molecule has 0 bridgehead atoms. The Hall–Kier alpha value is -4.13. The van der Waals surface area contributed by atoms with Crippen molar-refractivity contribution in [3.8, 4) is 11.5 Å². The molecule has 33 heavy (non-hydrogen) atoms. The van der Waals surface area contributed by atoms with Gasteiger partial charge in [0.05, 0.1) is 20.8 Å². The predicted molar refractivity (Wildman–Crippen MR) is 125 cm³/mol. The van der Waals surface area contributed by atoms with Crippen LogP contribution in [-0.2, 0) is 19.6 Å². The Labute approximate surface area is 193 Å². The van der Waals surface area contributed by atoms with E-state index >= 15 is 0 Å². The first-order valence-electron chi connectivity index (χ1n) is 10.6. The molecule has 2 heterocycles. The van der Waals surface area contributed by atoms with Crippen LogP contribution in [0.15, 0.2) is 85.5 Å². The van der Waals surface area contributed by atoms with E-state index in [1.807, 2.05) is 59.3 Å². The van der Waals surface area contributed by atoms with Crippen LogP contribution in [-0.4, -0.2) is 39.6 Å². The van der Waals surface area contributed by atoms with Crippen molar-refractivity contribution in [3.05, 3.63) is 108 Å². The van der Waals surface area contributed by atoms with Crippen molar-refractivity contribution in [2.24, 2.45) is 0 Å². The van der Waals surface area contributed by atoms with Crippen LogP contribution in [0.1, 0.15) is 27.3 Å². The van der Waals surface area contributed by atoms with Gasteiger partial charge in [-0.05, 0) is 47.5 Å².